The van der Waals surface area contributed by atoms with E-state index in [0.717, 1.165) is 0 Å². The van der Waals surface area contributed by atoms with E-state index in [0.29, 0.717) is 16.1 Å². The molecule has 0 heterocycles. The summed E-state index contributed by atoms with van der Waals surface area (Å²) in [6, 6.07) is 12.7. The van der Waals surface area contributed by atoms with Gasteiger partial charge in [0.15, 0.2) is 0 Å². The first-order valence-electron chi connectivity index (χ1n) is 6.57. The van der Waals surface area contributed by atoms with Gasteiger partial charge in [-0.25, -0.2) is 5.43 Å². The summed E-state index contributed by atoms with van der Waals surface area (Å²) in [6.45, 7) is 0. The highest BCUT2D eigenvalue weighted by atomic mass is 35.5. The maximum atomic E-state index is 11.8. The summed E-state index contributed by atoms with van der Waals surface area (Å²) in [6.07, 6.45) is 4.38. The Morgan fingerprint density at radius 3 is 2.57 bits per heavy atom. The van der Waals surface area contributed by atoms with Crippen molar-refractivity contribution in [2.24, 2.45) is 5.10 Å². The number of nitrogens with one attached hydrogen (secondary N) is 1. The van der Waals surface area contributed by atoms with Crippen LogP contribution in [0.15, 0.2) is 59.7 Å². The molecular weight excluding hydrogens is 318 g/mol. The number of rotatable bonds is 5. The lowest BCUT2D eigenvalue weighted by molar-refractivity contribution is -0.385. The minimum atomic E-state index is -0.459. The largest absolute Gasteiger partial charge is 0.276 e. The van der Waals surface area contributed by atoms with Crippen LogP contribution in [-0.4, -0.2) is 17.0 Å². The van der Waals surface area contributed by atoms with Crippen molar-refractivity contribution in [2.45, 2.75) is 0 Å². The van der Waals surface area contributed by atoms with E-state index in [2.05, 4.69) is 10.5 Å². The minimum absolute atomic E-state index is 0.00218. The molecule has 0 aliphatic heterocycles. The first-order valence-corrected chi connectivity index (χ1v) is 6.95. The molecule has 0 radical (unpaired) electrons. The van der Waals surface area contributed by atoms with Crippen LogP contribution in [0.3, 0.4) is 0 Å². The van der Waals surface area contributed by atoms with Crippen molar-refractivity contribution in [3.8, 4) is 0 Å². The Labute approximate surface area is 137 Å². The van der Waals surface area contributed by atoms with E-state index in [-0.39, 0.29) is 11.6 Å². The lowest BCUT2D eigenvalue weighted by Gasteiger charge is -1.98. The predicted octanol–water partition coefficient (Wildman–Crippen LogP) is 3.68. The molecule has 0 aliphatic carbocycles. The van der Waals surface area contributed by atoms with Crippen molar-refractivity contribution < 1.29 is 9.72 Å². The van der Waals surface area contributed by atoms with Gasteiger partial charge in [0.2, 0.25) is 0 Å². The molecule has 23 heavy (non-hydrogen) atoms. The molecule has 1 N–H and O–H groups in total. The second-order valence-corrected chi connectivity index (χ2v) is 4.84. The van der Waals surface area contributed by atoms with Gasteiger partial charge in [-0.15, -0.1) is 0 Å². The van der Waals surface area contributed by atoms with E-state index < -0.39 is 4.92 Å². The number of allylic oxidation sites excluding steroid dienone is 1. The fourth-order valence-electron chi connectivity index (χ4n) is 1.75. The quantitative estimate of drug-likeness (QED) is 0.516. The monoisotopic (exact) mass is 329 g/mol. The van der Waals surface area contributed by atoms with Gasteiger partial charge in [-0.05, 0) is 42.5 Å². The van der Waals surface area contributed by atoms with Crippen molar-refractivity contribution in [2.75, 3.05) is 0 Å². The molecule has 0 unspecified atom stereocenters. The van der Waals surface area contributed by atoms with Crippen LogP contribution < -0.4 is 5.43 Å². The van der Waals surface area contributed by atoms with Gasteiger partial charge < -0.3 is 0 Å². The zero-order valence-electron chi connectivity index (χ0n) is 11.8. The third kappa shape index (κ3) is 4.76. The first kappa shape index (κ1) is 16.4. The van der Waals surface area contributed by atoms with Crippen molar-refractivity contribution >= 4 is 35.5 Å². The minimum Gasteiger partial charge on any atom is -0.267 e. The Hall–Kier alpha value is -2.99. The third-order valence-electron chi connectivity index (χ3n) is 2.84. The highest BCUT2D eigenvalue weighted by Crippen LogP contribution is 2.18. The van der Waals surface area contributed by atoms with Crippen LogP contribution >= 0.6 is 11.6 Å². The zero-order valence-corrected chi connectivity index (χ0v) is 12.6. The summed E-state index contributed by atoms with van der Waals surface area (Å²) in [7, 11) is 0. The van der Waals surface area contributed by atoms with Gasteiger partial charge in [-0.2, -0.15) is 5.10 Å². The average molecular weight is 330 g/mol. The second kappa shape index (κ2) is 7.86. The highest BCUT2D eigenvalue weighted by Gasteiger charge is 2.08. The number of hydrogen-bond acceptors (Lipinski definition) is 4. The fourth-order valence-corrected chi connectivity index (χ4v) is 1.87. The fraction of sp³-hybridized carbons (Fsp3) is 0. The number of benzene rings is 2. The van der Waals surface area contributed by atoms with E-state index in [4.69, 9.17) is 11.6 Å². The summed E-state index contributed by atoms with van der Waals surface area (Å²) < 4.78 is 0. The lowest BCUT2D eigenvalue weighted by Crippen LogP contribution is -2.17. The van der Waals surface area contributed by atoms with E-state index >= 15 is 0 Å². The van der Waals surface area contributed by atoms with Crippen molar-refractivity contribution in [1.29, 1.82) is 0 Å². The van der Waals surface area contributed by atoms with E-state index in [9.17, 15) is 14.9 Å². The average Bonchev–Trinajstić information content (AvgIpc) is 2.55. The Balaban J connectivity index is 1.95. The van der Waals surface area contributed by atoms with Gasteiger partial charge in [0.1, 0.15) is 0 Å². The summed E-state index contributed by atoms with van der Waals surface area (Å²) >= 11 is 5.74. The Bertz CT molecular complexity index is 770. The molecule has 0 fully saturated rings. The van der Waals surface area contributed by atoms with Crippen LogP contribution in [0.5, 0.6) is 0 Å². The number of amides is 1. The summed E-state index contributed by atoms with van der Waals surface area (Å²) in [4.78, 5) is 22.1. The number of nitrogens with zero attached hydrogens (tertiary/aromatic N) is 2. The maximum absolute atomic E-state index is 11.8. The van der Waals surface area contributed by atoms with Crippen LogP contribution in [-0.2, 0) is 0 Å². The predicted molar refractivity (Wildman–Crippen MR) is 89.5 cm³/mol. The smallest absolute Gasteiger partial charge is 0.267 e. The number of hydrazone groups is 1. The number of nitro groups is 1. The van der Waals surface area contributed by atoms with Crippen molar-refractivity contribution in [1.82, 2.24) is 5.43 Å². The number of para-hydroxylation sites is 1. The number of halogens is 1. The first-order chi connectivity index (χ1) is 11.1. The zero-order chi connectivity index (χ0) is 16.7. The summed E-state index contributed by atoms with van der Waals surface area (Å²) in [5, 5.41) is 15.1. The Morgan fingerprint density at radius 1 is 1.17 bits per heavy atom. The lowest BCUT2D eigenvalue weighted by atomic mass is 10.2. The normalized spacial score (nSPS) is 11.0. The molecule has 0 saturated heterocycles. The molecule has 2 aromatic rings. The Kier molecular flexibility index (Phi) is 5.60. The molecule has 0 spiro atoms. The van der Waals surface area contributed by atoms with Crippen LogP contribution in [0.4, 0.5) is 5.69 Å². The van der Waals surface area contributed by atoms with Gasteiger partial charge in [0.25, 0.3) is 11.6 Å². The number of nitro benzene ring substituents is 1. The molecule has 7 heteroatoms. The van der Waals surface area contributed by atoms with Crippen LogP contribution in [0.1, 0.15) is 15.9 Å². The van der Waals surface area contributed by atoms with Gasteiger partial charge in [0.05, 0.1) is 10.5 Å². The van der Waals surface area contributed by atoms with Gasteiger partial charge in [-0.1, -0.05) is 23.7 Å². The highest BCUT2D eigenvalue weighted by molar-refractivity contribution is 6.30. The molecule has 0 aliphatic rings. The molecule has 0 saturated carbocycles. The molecule has 0 bridgehead atoms. The summed E-state index contributed by atoms with van der Waals surface area (Å²) in [5.74, 6) is -0.378. The van der Waals surface area contributed by atoms with Crippen LogP contribution in [0, 0.1) is 10.1 Å². The molecule has 2 rings (SSSR count). The van der Waals surface area contributed by atoms with E-state index in [1.165, 1.54) is 24.4 Å². The number of hydrogen-bond donors (Lipinski definition) is 1. The number of carbonyl (C=O) groups is 1. The molecular formula is C16H12ClN3O3. The van der Waals surface area contributed by atoms with E-state index in [1.54, 1.807) is 42.5 Å². The third-order valence-corrected chi connectivity index (χ3v) is 3.09. The van der Waals surface area contributed by atoms with Crippen LogP contribution in [0.2, 0.25) is 5.02 Å². The van der Waals surface area contributed by atoms with Gasteiger partial charge >= 0.3 is 0 Å². The maximum Gasteiger partial charge on any atom is 0.276 e. The molecule has 6 nitrogen and oxygen atoms in total. The SMILES string of the molecule is O=C(NN=CC=Cc1ccccc1[N+](=O)[O-])c1ccc(Cl)cc1. The molecule has 116 valence electrons. The molecule has 0 atom stereocenters. The molecule has 2 aromatic carbocycles. The summed E-state index contributed by atoms with van der Waals surface area (Å²) in [5.41, 5.74) is 3.22. The molecule has 0 aromatic heterocycles. The van der Waals surface area contributed by atoms with Crippen molar-refractivity contribution in [3.05, 3.63) is 80.9 Å². The molecule has 1 amide bonds. The second-order valence-electron chi connectivity index (χ2n) is 4.40. The standard InChI is InChI=1S/C16H12ClN3O3/c17-14-9-7-13(8-10-14)16(21)19-18-11-3-5-12-4-1-2-6-15(12)20(22)23/h1-11H,(H,19,21). The topological polar surface area (TPSA) is 84.6 Å². The van der Waals surface area contributed by atoms with E-state index in [1.807, 2.05) is 0 Å². The van der Waals surface area contributed by atoms with Gasteiger partial charge in [-0.3, -0.25) is 14.9 Å². The van der Waals surface area contributed by atoms with Crippen LogP contribution in [0.25, 0.3) is 6.08 Å². The number of carbonyl (C=O) groups excluding carboxylic acids is 1. The van der Waals surface area contributed by atoms with Gasteiger partial charge in [0, 0.05) is 22.9 Å². The Morgan fingerprint density at radius 2 is 1.87 bits per heavy atom. The van der Waals surface area contributed by atoms with Crippen molar-refractivity contribution in [3.63, 3.8) is 0 Å².